The number of carbonyl (C=O) groups excluding carboxylic acids is 6. The molecule has 2 aromatic rings. The molecule has 388 valence electrons. The maximum absolute atomic E-state index is 14.8. The van der Waals surface area contributed by atoms with Crippen LogP contribution in [0, 0.1) is 0 Å². The highest BCUT2D eigenvalue weighted by molar-refractivity contribution is 7.86. The van der Waals surface area contributed by atoms with Crippen molar-refractivity contribution in [2.45, 2.75) is 49.3 Å². The average molecular weight is 1050 g/mol. The number of nitrogens with zero attached hydrogens (tertiary/aromatic N) is 3. The number of anilines is 1. The van der Waals surface area contributed by atoms with Crippen LogP contribution in [0.1, 0.15) is 60.2 Å². The van der Waals surface area contributed by atoms with Gasteiger partial charge in [-0.1, -0.05) is 36.4 Å². The summed E-state index contributed by atoms with van der Waals surface area (Å²) in [4.78, 5) is 85.5. The van der Waals surface area contributed by atoms with Gasteiger partial charge in [0.15, 0.2) is 21.1 Å². The molecule has 1 saturated heterocycles. The standard InChI is InChI=1S/C49H54N6O16S2/c1-4-50-37-18-16-34-42(35-17-19-38(51-5-2)46(73(65,66)67)44(35)70-43(34)45(37)72(62,63)64)33-15-14-32(30-36(33)49(61)54(3)25-11-23-52-47(59)31-12-9-7-6-8-10-13-31)48(60)53-24-27-69-29-28-68-26-22-41(58)71-55-39(56)20-21-40(55)57/h6-10,12-19,30,50H,4-5,11,20-29H2,1-3H3,(H,52,59)(H,53,60)(H,62,63,64)(H,65,66,67)/b7-6-,8-6?,9-7?,10-8-,12-9-,13-10?,31-12?,31-13+,51-38?. The first-order chi connectivity index (χ1) is 34.8. The van der Waals surface area contributed by atoms with Crippen molar-refractivity contribution in [3.8, 4) is 22.5 Å². The first-order valence-electron chi connectivity index (χ1n) is 23.0. The second-order valence-corrected chi connectivity index (χ2v) is 18.9. The van der Waals surface area contributed by atoms with E-state index in [2.05, 4.69) is 20.9 Å². The van der Waals surface area contributed by atoms with E-state index in [1.165, 1.54) is 54.4 Å². The summed E-state index contributed by atoms with van der Waals surface area (Å²) in [7, 11) is -8.83. The number of hydrogen-bond acceptors (Lipinski definition) is 16. The van der Waals surface area contributed by atoms with Crippen LogP contribution in [0.2, 0.25) is 0 Å². The fourth-order valence-electron chi connectivity index (χ4n) is 7.73. The zero-order valence-electron chi connectivity index (χ0n) is 40.0. The Labute approximate surface area is 420 Å². The van der Waals surface area contributed by atoms with E-state index in [1.54, 1.807) is 50.3 Å². The SMILES string of the molecule is CCN=c1ccc2c(-c3ccc(C(=O)NCCOCCOCCC(=O)ON4C(=O)CCC4=O)cc3C(=O)N(C)CCCNC(=O)C3=C/C=C\C=C/C=C\3)c3ccc(NCC)c(S(=O)(=O)O)c3oc-2c1S(=O)(=O)O. The number of hydroxylamine groups is 2. The van der Waals surface area contributed by atoms with E-state index in [1.807, 2.05) is 6.08 Å². The molecule has 0 radical (unpaired) electrons. The van der Waals surface area contributed by atoms with Gasteiger partial charge in [-0.3, -0.25) is 38.1 Å². The van der Waals surface area contributed by atoms with Gasteiger partial charge in [-0.25, -0.2) is 4.79 Å². The molecule has 0 atom stereocenters. The lowest BCUT2D eigenvalue weighted by atomic mass is 9.89. The first kappa shape index (κ1) is 55.0. The number of rotatable bonds is 23. The van der Waals surface area contributed by atoms with Crippen molar-refractivity contribution in [2.75, 3.05) is 71.5 Å². The maximum atomic E-state index is 14.8. The van der Waals surface area contributed by atoms with E-state index >= 15 is 0 Å². The summed E-state index contributed by atoms with van der Waals surface area (Å²) in [5.41, 5.74) is -0.287. The topological polar surface area (TPSA) is 307 Å². The third-order valence-electron chi connectivity index (χ3n) is 11.1. The van der Waals surface area contributed by atoms with Crippen molar-refractivity contribution in [1.29, 1.82) is 0 Å². The van der Waals surface area contributed by atoms with Gasteiger partial charge in [0, 0.05) is 85.8 Å². The maximum Gasteiger partial charge on any atom is 0.335 e. The van der Waals surface area contributed by atoms with Crippen molar-refractivity contribution in [3.63, 3.8) is 0 Å². The summed E-state index contributed by atoms with van der Waals surface area (Å²) in [6.45, 7) is 3.82. The van der Waals surface area contributed by atoms with E-state index in [9.17, 15) is 54.7 Å². The highest BCUT2D eigenvalue weighted by Gasteiger charge is 2.34. The molecule has 2 aliphatic heterocycles. The number of imide groups is 1. The Morgan fingerprint density at radius 3 is 2.16 bits per heavy atom. The summed E-state index contributed by atoms with van der Waals surface area (Å²) < 4.78 is 91.1. The van der Waals surface area contributed by atoms with Crippen LogP contribution in [0.15, 0.2) is 110 Å². The highest BCUT2D eigenvalue weighted by Crippen LogP contribution is 2.46. The van der Waals surface area contributed by atoms with Gasteiger partial charge in [0.1, 0.15) is 0 Å². The van der Waals surface area contributed by atoms with Crippen LogP contribution >= 0.6 is 0 Å². The van der Waals surface area contributed by atoms with Crippen LogP contribution in [0.25, 0.3) is 33.4 Å². The lowest BCUT2D eigenvalue weighted by Gasteiger charge is -2.23. The molecule has 0 spiro atoms. The monoisotopic (exact) mass is 1050 g/mol. The van der Waals surface area contributed by atoms with Crippen LogP contribution in [-0.4, -0.2) is 138 Å². The Hall–Kier alpha value is -7.35. The lowest BCUT2D eigenvalue weighted by molar-refractivity contribution is -0.198. The molecule has 6 rings (SSSR count). The molecule has 4 aliphatic rings. The van der Waals surface area contributed by atoms with Crippen LogP contribution < -0.4 is 21.3 Å². The minimum Gasteiger partial charge on any atom is -0.453 e. The minimum atomic E-state index is -5.18. The average Bonchev–Trinajstić information content (AvgIpc) is 3.64. The molecule has 5 amide bonds. The van der Waals surface area contributed by atoms with Gasteiger partial charge >= 0.3 is 5.97 Å². The Balaban J connectivity index is 1.30. The van der Waals surface area contributed by atoms with Crippen LogP contribution in [0.3, 0.4) is 0 Å². The molecule has 2 aliphatic carbocycles. The quantitative estimate of drug-likeness (QED) is 0.0303. The molecule has 0 bridgehead atoms. The Bertz CT molecular complexity index is 3180. The van der Waals surface area contributed by atoms with E-state index in [0.29, 0.717) is 10.6 Å². The highest BCUT2D eigenvalue weighted by atomic mass is 32.2. The number of benzene rings is 3. The third kappa shape index (κ3) is 13.8. The summed E-state index contributed by atoms with van der Waals surface area (Å²) in [5.74, 6) is -4.20. The van der Waals surface area contributed by atoms with Gasteiger partial charge in [0.05, 0.1) is 43.9 Å². The molecular formula is C49H54N6O16S2. The van der Waals surface area contributed by atoms with E-state index in [-0.39, 0.29) is 135 Å². The van der Waals surface area contributed by atoms with E-state index < -0.39 is 71.0 Å². The third-order valence-corrected chi connectivity index (χ3v) is 12.9. The number of amides is 5. The van der Waals surface area contributed by atoms with Crippen LogP contribution in [0.4, 0.5) is 5.69 Å². The molecule has 2 aromatic carbocycles. The number of nitrogens with one attached hydrogen (secondary N) is 3. The zero-order chi connectivity index (χ0) is 52.9. The van der Waals surface area contributed by atoms with Gasteiger partial charge < -0.3 is 39.6 Å². The fraction of sp³-hybridized carbons (Fsp3) is 0.327. The fourth-order valence-corrected chi connectivity index (χ4v) is 9.31. The molecule has 0 saturated carbocycles. The van der Waals surface area contributed by atoms with Crippen molar-refractivity contribution in [1.82, 2.24) is 20.6 Å². The van der Waals surface area contributed by atoms with Gasteiger partial charge in [-0.2, -0.15) is 16.8 Å². The molecule has 2 heterocycles. The van der Waals surface area contributed by atoms with Crippen LogP contribution in [0.5, 0.6) is 0 Å². The van der Waals surface area contributed by atoms with Crippen molar-refractivity contribution in [2.24, 2.45) is 4.99 Å². The van der Waals surface area contributed by atoms with Crippen LogP contribution in [-0.2, 0) is 53.7 Å². The second kappa shape index (κ2) is 24.9. The van der Waals surface area contributed by atoms with Gasteiger partial charge in [-0.15, -0.1) is 5.06 Å². The molecule has 73 heavy (non-hydrogen) atoms. The number of carbonyl (C=O) groups is 6. The number of allylic oxidation sites excluding steroid dienone is 6. The van der Waals surface area contributed by atoms with Gasteiger partial charge in [0.2, 0.25) is 0 Å². The molecule has 24 heteroatoms. The predicted octanol–water partition coefficient (Wildman–Crippen LogP) is 4.00. The van der Waals surface area contributed by atoms with Crippen molar-refractivity contribution >= 4 is 72.4 Å². The summed E-state index contributed by atoms with van der Waals surface area (Å²) in [6, 6.07) is 9.65. The Kier molecular flexibility index (Phi) is 18.7. The molecule has 0 aromatic heterocycles. The normalized spacial score (nSPS) is 16.1. The summed E-state index contributed by atoms with van der Waals surface area (Å²) in [6.07, 6.45) is 12.1. The molecule has 5 N–H and O–H groups in total. The minimum absolute atomic E-state index is 0.00492. The Morgan fingerprint density at radius 1 is 0.795 bits per heavy atom. The number of fused-ring (bicyclic) bond motifs is 2. The van der Waals surface area contributed by atoms with Gasteiger partial charge in [-0.05, 0) is 74.4 Å². The van der Waals surface area contributed by atoms with Crippen molar-refractivity contribution < 1.29 is 73.4 Å². The Morgan fingerprint density at radius 2 is 1.47 bits per heavy atom. The van der Waals surface area contributed by atoms with Gasteiger partial charge in [0.25, 0.3) is 49.8 Å². The molecule has 1 fully saturated rings. The summed E-state index contributed by atoms with van der Waals surface area (Å²) in [5, 5.41) is 8.61. The van der Waals surface area contributed by atoms with Crippen molar-refractivity contribution in [3.05, 3.63) is 107 Å². The lowest BCUT2D eigenvalue weighted by Crippen LogP contribution is -2.32. The molecular weight excluding hydrogens is 993 g/mol. The predicted molar refractivity (Wildman–Crippen MR) is 264 cm³/mol. The largest absolute Gasteiger partial charge is 0.453 e. The second-order valence-electron chi connectivity index (χ2n) is 16.2. The molecule has 0 unspecified atom stereocenters. The first-order valence-corrected chi connectivity index (χ1v) is 25.9. The van der Waals surface area contributed by atoms with E-state index in [4.69, 9.17) is 18.7 Å². The smallest absolute Gasteiger partial charge is 0.335 e. The number of hydrogen-bond donors (Lipinski definition) is 5. The summed E-state index contributed by atoms with van der Waals surface area (Å²) >= 11 is 0. The van der Waals surface area contributed by atoms with E-state index in [0.717, 1.165) is 0 Å². The number of ether oxygens (including phenoxy) is 2. The zero-order valence-corrected chi connectivity index (χ0v) is 41.7. The molecule has 22 nitrogen and oxygen atoms in total.